The lowest BCUT2D eigenvalue weighted by molar-refractivity contribution is 0.582. The molecule has 1 aliphatic rings. The van der Waals surface area contributed by atoms with Crippen LogP contribution in [-0.4, -0.2) is 22.4 Å². The third kappa shape index (κ3) is 2.14. The van der Waals surface area contributed by atoms with Crippen molar-refractivity contribution < 1.29 is 0 Å². The molecule has 19 heavy (non-hydrogen) atoms. The molecule has 0 bridgehead atoms. The summed E-state index contributed by atoms with van der Waals surface area (Å²) in [5.74, 6) is 0.282. The van der Waals surface area contributed by atoms with Crippen LogP contribution in [-0.2, 0) is 6.54 Å². The normalized spacial score (nSPS) is 14.4. The number of hydrogen-bond acceptors (Lipinski definition) is 6. The second-order valence-corrected chi connectivity index (χ2v) is 4.40. The number of H-pyrrole nitrogens is 1. The summed E-state index contributed by atoms with van der Waals surface area (Å²) in [7, 11) is 1.57. The van der Waals surface area contributed by atoms with Crippen LogP contribution in [0.5, 0.6) is 0 Å². The maximum Gasteiger partial charge on any atom is 0.330 e. The Balaban J connectivity index is 2.63. The molecular weight excluding hydrogens is 250 g/mol. The lowest BCUT2D eigenvalue weighted by Gasteiger charge is -2.36. The van der Waals surface area contributed by atoms with Crippen molar-refractivity contribution in [2.75, 3.05) is 17.1 Å². The standard InChI is InChI=1S/C11H16N5O3/c1-4-5-6-15-10(17)8-9(12-11(15)18)14(3)13-7(2)16(8)19/h4-6H2,1-3H3,(H,12,18)/q-1. The van der Waals surface area contributed by atoms with Gasteiger partial charge in [0.25, 0.3) is 5.56 Å². The summed E-state index contributed by atoms with van der Waals surface area (Å²) in [5.41, 5.74) is -1.19. The zero-order valence-electron chi connectivity index (χ0n) is 11.1. The number of fused-ring (bicyclic) bond motifs is 1. The van der Waals surface area contributed by atoms with E-state index in [-0.39, 0.29) is 17.3 Å². The molecule has 8 heteroatoms. The molecule has 2 rings (SSSR count). The van der Waals surface area contributed by atoms with Crippen molar-refractivity contribution in [3.8, 4) is 0 Å². The molecule has 0 aliphatic carbocycles. The monoisotopic (exact) mass is 266 g/mol. The Morgan fingerprint density at radius 3 is 2.68 bits per heavy atom. The second-order valence-electron chi connectivity index (χ2n) is 4.40. The lowest BCUT2D eigenvalue weighted by Crippen LogP contribution is -2.44. The lowest BCUT2D eigenvalue weighted by atomic mass is 10.3. The van der Waals surface area contributed by atoms with E-state index in [4.69, 9.17) is 0 Å². The molecule has 0 amide bonds. The van der Waals surface area contributed by atoms with Crippen LogP contribution in [0.4, 0.5) is 11.5 Å². The Hall–Kier alpha value is -2.09. The van der Waals surface area contributed by atoms with Crippen molar-refractivity contribution in [2.45, 2.75) is 33.2 Å². The SMILES string of the molecule is CCCCn1c(=O)[nH]c2c(c1=O)N([O-])C(C)=NN2C. The first-order valence-corrected chi connectivity index (χ1v) is 6.10. The van der Waals surface area contributed by atoms with E-state index in [0.29, 0.717) is 18.0 Å². The minimum absolute atomic E-state index is 0.0919. The molecule has 0 fully saturated rings. The van der Waals surface area contributed by atoms with E-state index in [9.17, 15) is 14.8 Å². The fourth-order valence-corrected chi connectivity index (χ4v) is 1.96. The van der Waals surface area contributed by atoms with Crippen molar-refractivity contribution in [3.05, 3.63) is 26.0 Å². The van der Waals surface area contributed by atoms with Crippen LogP contribution in [0.15, 0.2) is 14.7 Å². The number of amidine groups is 1. The number of aromatic nitrogens is 2. The molecular formula is C11H16N5O3-. The number of rotatable bonds is 3. The molecule has 1 aromatic heterocycles. The van der Waals surface area contributed by atoms with Gasteiger partial charge in [-0.3, -0.25) is 14.3 Å². The van der Waals surface area contributed by atoms with E-state index in [1.54, 1.807) is 7.05 Å². The highest BCUT2D eigenvalue weighted by molar-refractivity contribution is 6.01. The Bertz CT molecular complexity index is 630. The second kappa shape index (κ2) is 4.88. The van der Waals surface area contributed by atoms with Gasteiger partial charge < -0.3 is 10.3 Å². The number of nitrogens with zero attached hydrogens (tertiary/aromatic N) is 4. The first-order chi connectivity index (χ1) is 8.97. The number of aromatic amines is 1. The molecule has 0 saturated heterocycles. The minimum atomic E-state index is -0.580. The molecule has 1 aromatic rings. The van der Waals surface area contributed by atoms with Gasteiger partial charge >= 0.3 is 5.69 Å². The summed E-state index contributed by atoms with van der Waals surface area (Å²) in [5, 5.41) is 17.6. The number of unbranched alkanes of at least 4 members (excludes halogenated alkanes) is 1. The van der Waals surface area contributed by atoms with E-state index < -0.39 is 11.2 Å². The Kier molecular flexibility index (Phi) is 3.43. The topological polar surface area (TPSA) is 96.8 Å². The highest BCUT2D eigenvalue weighted by atomic mass is 16.5. The maximum absolute atomic E-state index is 12.3. The van der Waals surface area contributed by atoms with Crippen LogP contribution in [0, 0.1) is 5.21 Å². The van der Waals surface area contributed by atoms with Gasteiger partial charge in [0.2, 0.25) is 0 Å². The van der Waals surface area contributed by atoms with Crippen LogP contribution in [0.25, 0.3) is 0 Å². The fourth-order valence-electron chi connectivity index (χ4n) is 1.96. The van der Waals surface area contributed by atoms with E-state index in [0.717, 1.165) is 11.0 Å². The van der Waals surface area contributed by atoms with Crippen molar-refractivity contribution >= 4 is 17.3 Å². The fraction of sp³-hybridized carbons (Fsp3) is 0.545. The van der Waals surface area contributed by atoms with Crippen LogP contribution >= 0.6 is 0 Å². The highest BCUT2D eigenvalue weighted by Crippen LogP contribution is 2.25. The van der Waals surface area contributed by atoms with Gasteiger partial charge in [-0.1, -0.05) is 13.3 Å². The zero-order chi connectivity index (χ0) is 14.2. The smallest absolute Gasteiger partial charge is 0.330 e. The molecule has 0 radical (unpaired) electrons. The summed E-state index contributed by atoms with van der Waals surface area (Å²) < 4.78 is 1.06. The van der Waals surface area contributed by atoms with Gasteiger partial charge in [0.15, 0.2) is 5.82 Å². The summed E-state index contributed by atoms with van der Waals surface area (Å²) >= 11 is 0. The van der Waals surface area contributed by atoms with Crippen molar-refractivity contribution in [2.24, 2.45) is 5.10 Å². The van der Waals surface area contributed by atoms with Gasteiger partial charge in [-0.15, -0.1) is 0 Å². The third-order valence-electron chi connectivity index (χ3n) is 2.99. The molecule has 104 valence electrons. The quantitative estimate of drug-likeness (QED) is 0.855. The first kappa shape index (κ1) is 13.3. The molecule has 8 nitrogen and oxygen atoms in total. The summed E-state index contributed by atoms with van der Waals surface area (Å²) in [6.45, 7) is 3.77. The van der Waals surface area contributed by atoms with Gasteiger partial charge in [-0.2, -0.15) is 5.10 Å². The van der Waals surface area contributed by atoms with Crippen LogP contribution in [0.2, 0.25) is 0 Å². The summed E-state index contributed by atoms with van der Waals surface area (Å²) in [6.07, 6.45) is 1.55. The van der Waals surface area contributed by atoms with Crippen LogP contribution in [0.3, 0.4) is 0 Å². The van der Waals surface area contributed by atoms with Crippen LogP contribution in [0.1, 0.15) is 26.7 Å². The molecule has 0 unspecified atom stereocenters. The third-order valence-corrected chi connectivity index (χ3v) is 2.99. The van der Waals surface area contributed by atoms with E-state index in [2.05, 4.69) is 10.1 Å². The zero-order valence-corrected chi connectivity index (χ0v) is 11.1. The van der Waals surface area contributed by atoms with Gasteiger partial charge in [0, 0.05) is 13.6 Å². The molecule has 0 saturated carbocycles. The molecule has 1 N–H and O–H groups in total. The Morgan fingerprint density at radius 2 is 2.05 bits per heavy atom. The van der Waals surface area contributed by atoms with Crippen molar-refractivity contribution in [3.63, 3.8) is 0 Å². The van der Waals surface area contributed by atoms with Gasteiger partial charge in [0.05, 0.1) is 0 Å². The number of anilines is 2. The Morgan fingerprint density at radius 1 is 1.37 bits per heavy atom. The molecule has 0 spiro atoms. The largest absolute Gasteiger partial charge is 0.753 e. The number of hydrogen-bond donors (Lipinski definition) is 1. The molecule has 0 atom stereocenters. The summed E-state index contributed by atoms with van der Waals surface area (Å²) in [6, 6.07) is 0. The number of hydroxylamine groups is 1. The maximum atomic E-state index is 12.3. The van der Waals surface area contributed by atoms with E-state index >= 15 is 0 Å². The predicted molar refractivity (Wildman–Crippen MR) is 73.6 cm³/mol. The minimum Gasteiger partial charge on any atom is -0.753 e. The Labute approximate surface area is 109 Å². The van der Waals surface area contributed by atoms with Gasteiger partial charge in [-0.25, -0.2) is 9.80 Å². The van der Waals surface area contributed by atoms with Crippen molar-refractivity contribution in [1.82, 2.24) is 9.55 Å². The average Bonchev–Trinajstić information content (AvgIpc) is 2.35. The highest BCUT2D eigenvalue weighted by Gasteiger charge is 2.22. The average molecular weight is 266 g/mol. The van der Waals surface area contributed by atoms with Crippen molar-refractivity contribution in [1.29, 1.82) is 0 Å². The molecule has 1 aliphatic heterocycles. The molecule has 0 aromatic carbocycles. The summed E-state index contributed by atoms with van der Waals surface area (Å²) in [4.78, 5) is 26.7. The molecule has 2 heterocycles. The van der Waals surface area contributed by atoms with Gasteiger partial charge in [0.1, 0.15) is 11.5 Å². The van der Waals surface area contributed by atoms with E-state index in [1.807, 2.05) is 6.92 Å². The van der Waals surface area contributed by atoms with Gasteiger partial charge in [-0.05, 0) is 13.3 Å². The number of hydrazone groups is 1. The first-order valence-electron chi connectivity index (χ1n) is 6.10. The van der Waals surface area contributed by atoms with Crippen LogP contribution < -0.4 is 21.3 Å². The predicted octanol–water partition coefficient (Wildman–Crippen LogP) is 0.424. The van der Waals surface area contributed by atoms with E-state index in [1.165, 1.54) is 11.9 Å². The number of nitrogens with one attached hydrogen (secondary N) is 1.